The quantitative estimate of drug-likeness (QED) is 0.832. The summed E-state index contributed by atoms with van der Waals surface area (Å²) in [5.41, 5.74) is 3.74. The summed E-state index contributed by atoms with van der Waals surface area (Å²) in [5, 5.41) is 3.64. The van der Waals surface area contributed by atoms with Gasteiger partial charge in [-0.2, -0.15) is 0 Å². The fourth-order valence-electron chi connectivity index (χ4n) is 2.52. The first-order chi connectivity index (χ1) is 10.2. The van der Waals surface area contributed by atoms with Gasteiger partial charge >= 0.3 is 0 Å². The van der Waals surface area contributed by atoms with Gasteiger partial charge in [0.25, 0.3) is 0 Å². The van der Waals surface area contributed by atoms with Gasteiger partial charge in [-0.1, -0.05) is 61.5 Å². The Morgan fingerprint density at radius 2 is 1.57 bits per heavy atom. The Kier molecular flexibility index (Phi) is 5.54. The largest absolute Gasteiger partial charge is 0.382 e. The maximum Gasteiger partial charge on any atom is 0.0683 e. The minimum absolute atomic E-state index is 0.181. The molecule has 0 unspecified atom stereocenters. The van der Waals surface area contributed by atoms with E-state index in [4.69, 9.17) is 4.74 Å². The molecule has 0 bridgehead atoms. The molecule has 112 valence electrons. The fourth-order valence-corrected chi connectivity index (χ4v) is 2.52. The first-order valence-electron chi connectivity index (χ1n) is 7.55. The van der Waals surface area contributed by atoms with E-state index < -0.39 is 0 Å². The average Bonchev–Trinajstić information content (AvgIpc) is 2.54. The molecule has 2 nitrogen and oxygen atoms in total. The summed E-state index contributed by atoms with van der Waals surface area (Å²) < 4.78 is 5.42. The van der Waals surface area contributed by atoms with Crippen LogP contribution in [0, 0.1) is 0 Å². The van der Waals surface area contributed by atoms with Crippen molar-refractivity contribution >= 4 is 0 Å². The van der Waals surface area contributed by atoms with Crippen molar-refractivity contribution in [2.75, 3.05) is 13.7 Å². The molecule has 2 rings (SSSR count). The highest BCUT2D eigenvalue weighted by atomic mass is 16.5. The van der Waals surface area contributed by atoms with Crippen molar-refractivity contribution < 1.29 is 4.74 Å². The first kappa shape index (κ1) is 15.7. The molecule has 0 spiro atoms. The minimum Gasteiger partial charge on any atom is -0.382 e. The summed E-state index contributed by atoms with van der Waals surface area (Å²) in [6.07, 6.45) is 1.08. The zero-order valence-electron chi connectivity index (χ0n) is 13.2. The van der Waals surface area contributed by atoms with Gasteiger partial charge in [0.2, 0.25) is 0 Å². The summed E-state index contributed by atoms with van der Waals surface area (Å²) in [4.78, 5) is 0. The summed E-state index contributed by atoms with van der Waals surface area (Å²) >= 11 is 0. The molecule has 1 N–H and O–H groups in total. The molecule has 0 aliphatic heterocycles. The molecule has 0 aliphatic rings. The van der Waals surface area contributed by atoms with Gasteiger partial charge in [-0.3, -0.25) is 0 Å². The predicted octanol–water partition coefficient (Wildman–Crippen LogP) is 3.90. The monoisotopic (exact) mass is 283 g/mol. The lowest BCUT2D eigenvalue weighted by Gasteiger charge is -2.31. The highest BCUT2D eigenvalue weighted by Gasteiger charge is 2.25. The molecule has 2 aromatic rings. The van der Waals surface area contributed by atoms with Gasteiger partial charge in [0.15, 0.2) is 0 Å². The maximum atomic E-state index is 5.42. The number of rotatable bonds is 7. The van der Waals surface area contributed by atoms with Crippen LogP contribution in [0.1, 0.15) is 30.5 Å². The summed E-state index contributed by atoms with van der Waals surface area (Å²) in [6.45, 7) is 5.84. The summed E-state index contributed by atoms with van der Waals surface area (Å²) in [5.74, 6) is 0. The van der Waals surface area contributed by atoms with Gasteiger partial charge in [-0.15, -0.1) is 0 Å². The SMILES string of the molecule is CCc1ccc(CN[C@@](C)(COC)c2ccccc2)cc1. The third-order valence-electron chi connectivity index (χ3n) is 3.96. The van der Waals surface area contributed by atoms with Crippen molar-refractivity contribution in [2.24, 2.45) is 0 Å². The van der Waals surface area contributed by atoms with Crippen molar-refractivity contribution in [3.8, 4) is 0 Å². The number of aryl methyl sites for hydroxylation is 1. The Balaban J connectivity index is 2.09. The van der Waals surface area contributed by atoms with Gasteiger partial charge in [0, 0.05) is 13.7 Å². The first-order valence-corrected chi connectivity index (χ1v) is 7.55. The van der Waals surface area contributed by atoms with Crippen LogP contribution >= 0.6 is 0 Å². The lowest BCUT2D eigenvalue weighted by atomic mass is 9.92. The Hall–Kier alpha value is -1.64. The molecule has 0 fully saturated rings. The highest BCUT2D eigenvalue weighted by Crippen LogP contribution is 2.21. The van der Waals surface area contributed by atoms with Crippen LogP contribution in [0.15, 0.2) is 54.6 Å². The number of hydrogen-bond acceptors (Lipinski definition) is 2. The zero-order valence-corrected chi connectivity index (χ0v) is 13.2. The van der Waals surface area contributed by atoms with Crippen LogP contribution in [-0.2, 0) is 23.2 Å². The Morgan fingerprint density at radius 1 is 0.952 bits per heavy atom. The molecule has 0 amide bonds. The van der Waals surface area contributed by atoms with E-state index in [0.717, 1.165) is 13.0 Å². The second kappa shape index (κ2) is 7.39. The van der Waals surface area contributed by atoms with Gasteiger partial charge in [-0.05, 0) is 30.0 Å². The molecule has 0 aromatic heterocycles. The van der Waals surface area contributed by atoms with Gasteiger partial charge < -0.3 is 10.1 Å². The number of nitrogens with one attached hydrogen (secondary N) is 1. The third-order valence-corrected chi connectivity index (χ3v) is 3.96. The molecule has 0 saturated heterocycles. The van der Waals surface area contributed by atoms with Crippen LogP contribution < -0.4 is 5.32 Å². The Morgan fingerprint density at radius 3 is 2.14 bits per heavy atom. The van der Waals surface area contributed by atoms with E-state index in [2.05, 4.69) is 67.7 Å². The van der Waals surface area contributed by atoms with Crippen LogP contribution in [-0.4, -0.2) is 13.7 Å². The Labute approximate surface area is 128 Å². The van der Waals surface area contributed by atoms with Crippen molar-refractivity contribution in [3.63, 3.8) is 0 Å². The number of ether oxygens (including phenoxy) is 1. The van der Waals surface area contributed by atoms with Gasteiger partial charge in [-0.25, -0.2) is 0 Å². The lowest BCUT2D eigenvalue weighted by molar-refractivity contribution is 0.117. The second-order valence-electron chi connectivity index (χ2n) is 5.65. The van der Waals surface area contributed by atoms with Crippen LogP contribution in [0.3, 0.4) is 0 Å². The summed E-state index contributed by atoms with van der Waals surface area (Å²) in [7, 11) is 1.75. The normalized spacial score (nSPS) is 13.9. The number of methoxy groups -OCH3 is 1. The topological polar surface area (TPSA) is 21.3 Å². The molecule has 0 saturated carbocycles. The zero-order chi connectivity index (χ0) is 15.1. The van der Waals surface area contributed by atoms with Crippen LogP contribution in [0.2, 0.25) is 0 Å². The van der Waals surface area contributed by atoms with Crippen molar-refractivity contribution in [1.82, 2.24) is 5.32 Å². The van der Waals surface area contributed by atoms with E-state index in [-0.39, 0.29) is 5.54 Å². The van der Waals surface area contributed by atoms with E-state index in [1.54, 1.807) is 7.11 Å². The fraction of sp³-hybridized carbons (Fsp3) is 0.368. The molecule has 21 heavy (non-hydrogen) atoms. The number of hydrogen-bond donors (Lipinski definition) is 1. The molecule has 0 heterocycles. The van der Waals surface area contributed by atoms with E-state index in [1.165, 1.54) is 16.7 Å². The standard InChI is InChI=1S/C19H25NO/c1-4-16-10-12-17(13-11-16)14-20-19(2,15-21-3)18-8-6-5-7-9-18/h5-13,20H,4,14-15H2,1-3H3/t19-/m0/s1. The third kappa shape index (κ3) is 4.16. The van der Waals surface area contributed by atoms with Crippen molar-refractivity contribution in [3.05, 3.63) is 71.3 Å². The molecular weight excluding hydrogens is 258 g/mol. The highest BCUT2D eigenvalue weighted by molar-refractivity contribution is 5.26. The lowest BCUT2D eigenvalue weighted by Crippen LogP contribution is -2.43. The predicted molar refractivity (Wildman–Crippen MR) is 88.3 cm³/mol. The van der Waals surface area contributed by atoms with E-state index in [1.807, 2.05) is 6.07 Å². The van der Waals surface area contributed by atoms with E-state index >= 15 is 0 Å². The Bertz CT molecular complexity index is 535. The second-order valence-corrected chi connectivity index (χ2v) is 5.65. The average molecular weight is 283 g/mol. The molecule has 1 atom stereocenters. The molecule has 0 radical (unpaired) electrons. The smallest absolute Gasteiger partial charge is 0.0683 e. The molecular formula is C19H25NO. The van der Waals surface area contributed by atoms with E-state index in [0.29, 0.717) is 6.61 Å². The minimum atomic E-state index is -0.181. The van der Waals surface area contributed by atoms with Crippen LogP contribution in [0.25, 0.3) is 0 Å². The van der Waals surface area contributed by atoms with Crippen LogP contribution in [0.4, 0.5) is 0 Å². The van der Waals surface area contributed by atoms with Gasteiger partial charge in [0.05, 0.1) is 12.1 Å². The molecule has 2 heteroatoms. The molecule has 0 aliphatic carbocycles. The summed E-state index contributed by atoms with van der Waals surface area (Å²) in [6, 6.07) is 19.3. The maximum absolute atomic E-state index is 5.42. The van der Waals surface area contributed by atoms with Gasteiger partial charge in [0.1, 0.15) is 0 Å². The van der Waals surface area contributed by atoms with Crippen LogP contribution in [0.5, 0.6) is 0 Å². The van der Waals surface area contributed by atoms with Crippen molar-refractivity contribution in [1.29, 1.82) is 0 Å². The number of benzene rings is 2. The van der Waals surface area contributed by atoms with E-state index in [9.17, 15) is 0 Å². The van der Waals surface area contributed by atoms with Crippen molar-refractivity contribution in [2.45, 2.75) is 32.4 Å². The molecule has 2 aromatic carbocycles.